The van der Waals surface area contributed by atoms with Gasteiger partial charge in [0.25, 0.3) is 0 Å². The van der Waals surface area contributed by atoms with E-state index in [-0.39, 0.29) is 5.76 Å². The molecule has 3 aliphatic rings. The van der Waals surface area contributed by atoms with Gasteiger partial charge in [-0.1, -0.05) is 18.2 Å². The summed E-state index contributed by atoms with van der Waals surface area (Å²) in [5, 5.41) is 3.25. The number of nitrogens with zero attached hydrogens (tertiary/aromatic N) is 5. The molecule has 4 heterocycles. The second kappa shape index (κ2) is 10.9. The van der Waals surface area contributed by atoms with Crippen molar-refractivity contribution in [1.29, 1.82) is 0 Å². The van der Waals surface area contributed by atoms with Gasteiger partial charge >= 0.3 is 12.3 Å². The Morgan fingerprint density at radius 1 is 1.05 bits per heavy atom. The monoisotopic (exact) mass is 548 g/mol. The van der Waals surface area contributed by atoms with E-state index in [1.165, 1.54) is 11.0 Å². The van der Waals surface area contributed by atoms with Crippen molar-refractivity contribution in [2.45, 2.75) is 19.0 Å². The molecule has 1 aromatic carbocycles. The average molecular weight is 549 g/mol. The number of nitrogens with one attached hydrogen (secondary N) is 1. The maximum absolute atomic E-state index is 13.8. The fourth-order valence-corrected chi connectivity index (χ4v) is 4.85. The van der Waals surface area contributed by atoms with Gasteiger partial charge in [0, 0.05) is 40.3 Å². The molecule has 2 saturated heterocycles. The van der Waals surface area contributed by atoms with Gasteiger partial charge in [-0.15, -0.1) is 0 Å². The van der Waals surface area contributed by atoms with Crippen LogP contribution < -0.4 is 15.1 Å². The maximum atomic E-state index is 13.8. The fraction of sp³-hybridized carbons (Fsp3) is 0.500. The summed E-state index contributed by atoms with van der Waals surface area (Å²) in [5.41, 5.74) is 0.528. The Labute approximate surface area is 224 Å². The minimum atomic E-state index is -4.55. The number of hydrogen-bond acceptors (Lipinski definition) is 9. The zero-order valence-electron chi connectivity index (χ0n) is 22.0. The summed E-state index contributed by atoms with van der Waals surface area (Å²) in [6.07, 6.45) is -5.19. The van der Waals surface area contributed by atoms with Crippen LogP contribution in [0.2, 0.25) is 0 Å². The van der Waals surface area contributed by atoms with Gasteiger partial charge in [0.1, 0.15) is 17.4 Å². The van der Waals surface area contributed by atoms with Crippen LogP contribution in [-0.4, -0.2) is 87.7 Å². The number of benzene rings is 1. The van der Waals surface area contributed by atoms with Crippen molar-refractivity contribution >= 4 is 23.7 Å². The highest BCUT2D eigenvalue weighted by Crippen LogP contribution is 2.47. The first-order valence-electron chi connectivity index (χ1n) is 12.7. The van der Waals surface area contributed by atoms with Crippen molar-refractivity contribution in [3.05, 3.63) is 52.4 Å². The van der Waals surface area contributed by atoms with Crippen LogP contribution in [0.15, 0.2) is 35.7 Å². The highest BCUT2D eigenvalue weighted by atomic mass is 19.4. The summed E-state index contributed by atoms with van der Waals surface area (Å²) < 4.78 is 58.2. The molecule has 1 N–H and O–H groups in total. The number of amides is 1. The number of ether oxygens (including phenoxy) is 3. The van der Waals surface area contributed by atoms with Crippen LogP contribution in [0.3, 0.4) is 0 Å². The van der Waals surface area contributed by atoms with Crippen molar-refractivity contribution in [1.82, 2.24) is 14.9 Å². The largest absolute Gasteiger partial charge is 0.416 e. The normalized spacial score (nSPS) is 19.9. The lowest BCUT2D eigenvalue weighted by atomic mass is 9.85. The van der Waals surface area contributed by atoms with Crippen molar-refractivity contribution in [3.8, 4) is 0 Å². The van der Waals surface area contributed by atoms with E-state index in [1.54, 1.807) is 27.1 Å². The maximum Gasteiger partial charge on any atom is 0.416 e. The van der Waals surface area contributed by atoms with Crippen molar-refractivity contribution < 1.29 is 32.2 Å². The molecule has 0 spiro atoms. The summed E-state index contributed by atoms with van der Waals surface area (Å²) in [4.78, 5) is 27.8. The minimum Gasteiger partial charge on any atom is -0.412 e. The first-order chi connectivity index (χ1) is 18.6. The SMILES string of the molecule is CC1=C(OC(=O)N(C)C)C(c2cccc(C(F)(F)F)c2)c2c(nc(N3CCOCC3)nc2N2CCOCC2)N1. The van der Waals surface area contributed by atoms with Gasteiger partial charge in [-0.2, -0.15) is 23.1 Å². The molecular weight excluding hydrogens is 517 g/mol. The van der Waals surface area contributed by atoms with Gasteiger partial charge in [0.05, 0.1) is 49.2 Å². The van der Waals surface area contributed by atoms with E-state index < -0.39 is 23.8 Å². The van der Waals surface area contributed by atoms with Gasteiger partial charge < -0.3 is 34.2 Å². The van der Waals surface area contributed by atoms with Gasteiger partial charge in [0.15, 0.2) is 0 Å². The molecule has 0 bridgehead atoms. The molecule has 2 aromatic rings. The van der Waals surface area contributed by atoms with Crippen LogP contribution in [0.5, 0.6) is 0 Å². The molecule has 10 nitrogen and oxygen atoms in total. The number of fused-ring (bicyclic) bond motifs is 1. The number of carbonyl (C=O) groups is 1. The molecule has 1 amide bonds. The molecule has 2 fully saturated rings. The lowest BCUT2D eigenvalue weighted by molar-refractivity contribution is -0.137. The third-order valence-electron chi connectivity index (χ3n) is 6.85. The standard InChI is InChI=1S/C26H31F3N6O4/c1-16-21(39-25(36)33(2)3)19(17-5-4-6-18(15-17)26(27,28)29)20-22(30-16)31-24(35-9-13-38-14-10-35)32-23(20)34-7-11-37-12-8-34/h4-6,15,19H,7-14H2,1-3H3,(H,30,31,32). The lowest BCUT2D eigenvalue weighted by Crippen LogP contribution is -2.41. The van der Waals surface area contributed by atoms with Crippen LogP contribution in [0.25, 0.3) is 0 Å². The fourth-order valence-electron chi connectivity index (χ4n) is 4.85. The number of allylic oxidation sites excluding steroid dienone is 2. The number of halogens is 3. The molecule has 13 heteroatoms. The van der Waals surface area contributed by atoms with E-state index >= 15 is 0 Å². The van der Waals surface area contributed by atoms with Crippen LogP contribution in [-0.2, 0) is 20.4 Å². The predicted molar refractivity (Wildman–Crippen MR) is 138 cm³/mol. The van der Waals surface area contributed by atoms with E-state index in [2.05, 4.69) is 5.32 Å². The highest BCUT2D eigenvalue weighted by Gasteiger charge is 2.39. The number of morpholine rings is 2. The number of hydrogen-bond donors (Lipinski definition) is 1. The average Bonchev–Trinajstić information content (AvgIpc) is 2.93. The summed E-state index contributed by atoms with van der Waals surface area (Å²) in [5.74, 6) is 0.834. The second-order valence-electron chi connectivity index (χ2n) is 9.74. The Balaban J connectivity index is 1.71. The quantitative estimate of drug-likeness (QED) is 0.615. The van der Waals surface area contributed by atoms with Crippen LogP contribution in [0.4, 0.5) is 35.5 Å². The summed E-state index contributed by atoms with van der Waals surface area (Å²) in [7, 11) is 3.08. The van der Waals surface area contributed by atoms with E-state index in [0.717, 1.165) is 12.1 Å². The number of anilines is 3. The number of rotatable bonds is 4. The Bertz CT molecular complexity index is 1260. The third-order valence-corrected chi connectivity index (χ3v) is 6.85. The summed E-state index contributed by atoms with van der Waals surface area (Å²) in [6, 6.07) is 5.08. The van der Waals surface area contributed by atoms with Gasteiger partial charge in [-0.25, -0.2) is 4.79 Å². The van der Waals surface area contributed by atoms with E-state index in [9.17, 15) is 18.0 Å². The molecule has 3 aliphatic heterocycles. The summed E-state index contributed by atoms with van der Waals surface area (Å²) >= 11 is 0. The predicted octanol–water partition coefficient (Wildman–Crippen LogP) is 3.66. The van der Waals surface area contributed by atoms with Crippen molar-refractivity contribution in [2.75, 3.05) is 81.8 Å². The van der Waals surface area contributed by atoms with Crippen LogP contribution in [0.1, 0.15) is 29.5 Å². The zero-order chi connectivity index (χ0) is 27.7. The Kier molecular flexibility index (Phi) is 7.54. The number of carbonyl (C=O) groups excluding carboxylic acids is 1. The second-order valence-corrected chi connectivity index (χ2v) is 9.74. The number of alkyl halides is 3. The topological polar surface area (TPSA) is 92.3 Å². The van der Waals surface area contributed by atoms with Crippen LogP contribution in [0, 0.1) is 0 Å². The highest BCUT2D eigenvalue weighted by molar-refractivity contribution is 5.74. The van der Waals surface area contributed by atoms with E-state index in [1.807, 2.05) is 9.80 Å². The molecular formula is C26H31F3N6O4. The molecule has 0 aliphatic carbocycles. The Hall–Kier alpha value is -3.58. The zero-order valence-corrected chi connectivity index (χ0v) is 22.0. The summed E-state index contributed by atoms with van der Waals surface area (Å²) in [6.45, 7) is 6.04. The van der Waals surface area contributed by atoms with E-state index in [4.69, 9.17) is 24.2 Å². The molecule has 1 atom stereocenters. The van der Waals surface area contributed by atoms with E-state index in [0.29, 0.717) is 87.0 Å². The molecule has 39 heavy (non-hydrogen) atoms. The van der Waals surface area contributed by atoms with Gasteiger partial charge in [-0.3, -0.25) is 0 Å². The molecule has 1 aromatic heterocycles. The first kappa shape index (κ1) is 27.0. The molecule has 0 radical (unpaired) electrons. The van der Waals surface area contributed by atoms with Gasteiger partial charge in [-0.05, 0) is 18.6 Å². The molecule has 1 unspecified atom stereocenters. The minimum absolute atomic E-state index is 0.192. The number of aromatic nitrogens is 2. The van der Waals surface area contributed by atoms with Crippen molar-refractivity contribution in [2.24, 2.45) is 0 Å². The van der Waals surface area contributed by atoms with Gasteiger partial charge in [0.2, 0.25) is 5.95 Å². The first-order valence-corrected chi connectivity index (χ1v) is 12.7. The Morgan fingerprint density at radius 2 is 1.69 bits per heavy atom. The lowest BCUT2D eigenvalue weighted by Gasteiger charge is -2.37. The van der Waals surface area contributed by atoms with Crippen molar-refractivity contribution in [3.63, 3.8) is 0 Å². The Morgan fingerprint density at radius 3 is 2.31 bits per heavy atom. The molecule has 5 rings (SSSR count). The molecule has 0 saturated carbocycles. The molecule has 210 valence electrons. The van der Waals surface area contributed by atoms with Crippen LogP contribution >= 0.6 is 0 Å². The smallest absolute Gasteiger partial charge is 0.412 e. The third kappa shape index (κ3) is 5.59.